The summed E-state index contributed by atoms with van der Waals surface area (Å²) in [5.74, 6) is -4.26. The molecule has 0 amide bonds. The molecule has 0 aliphatic heterocycles. The Morgan fingerprint density at radius 2 is 1.42 bits per heavy atom. The van der Waals surface area contributed by atoms with Crippen molar-refractivity contribution in [1.29, 1.82) is 0 Å². The molecule has 1 aromatic carbocycles. The predicted octanol–water partition coefficient (Wildman–Crippen LogP) is 3.08. The lowest BCUT2D eigenvalue weighted by molar-refractivity contribution is -0.199. The molecule has 3 N–H and O–H groups in total. The summed E-state index contributed by atoms with van der Waals surface area (Å²) in [6, 6.07) is 6.21. The van der Waals surface area contributed by atoms with Crippen LogP contribution in [0.15, 0.2) is 30.3 Å². The fourth-order valence-electron chi connectivity index (χ4n) is 2.09. The average Bonchev–Trinajstić information content (AvgIpc) is 2.53. The largest absolute Gasteiger partial charge is 0.479 e. The monoisotopic (exact) mass is 366 g/mol. The number of carbonyl (C=O) groups is 3. The summed E-state index contributed by atoms with van der Waals surface area (Å²) in [5.41, 5.74) is -2.34. The molecule has 0 radical (unpaired) electrons. The number of carboxylic acids is 3. The van der Waals surface area contributed by atoms with Gasteiger partial charge in [-0.05, 0) is 38.0 Å². The molecule has 0 fully saturated rings. The molecule has 7 heteroatoms. The van der Waals surface area contributed by atoms with Crippen LogP contribution in [0.1, 0.15) is 45.7 Å². The first kappa shape index (κ1) is 23.3. The quantitative estimate of drug-likeness (QED) is 0.501. The number of hydrogen-bond donors (Lipinski definition) is 3. The van der Waals surface area contributed by atoms with Crippen LogP contribution in [0, 0.1) is 0 Å². The van der Waals surface area contributed by atoms with Gasteiger partial charge in [0.2, 0.25) is 0 Å². The third-order valence-corrected chi connectivity index (χ3v) is 3.02. The highest BCUT2D eigenvalue weighted by atomic mass is 16.6. The number of aliphatic carboxylic acids is 3. The zero-order valence-electron chi connectivity index (χ0n) is 15.6. The lowest BCUT2D eigenvalue weighted by Gasteiger charge is -2.32. The summed E-state index contributed by atoms with van der Waals surface area (Å²) in [4.78, 5) is 33.7. The summed E-state index contributed by atoms with van der Waals surface area (Å²) in [6.07, 6.45) is 1.98. The SMILES string of the molecule is CC.CC(C)(C)OC(Cc1ccc(/C=C/C(=O)O)cc1)(C(=O)O)C(=O)O. The summed E-state index contributed by atoms with van der Waals surface area (Å²) >= 11 is 0. The molecule has 0 aliphatic carbocycles. The van der Waals surface area contributed by atoms with Crippen molar-refractivity contribution in [1.82, 2.24) is 0 Å². The molecule has 0 bridgehead atoms. The van der Waals surface area contributed by atoms with Crippen molar-refractivity contribution in [3.8, 4) is 0 Å². The van der Waals surface area contributed by atoms with Crippen molar-refractivity contribution < 1.29 is 34.4 Å². The van der Waals surface area contributed by atoms with Crippen LogP contribution in [0.3, 0.4) is 0 Å². The molecule has 1 aromatic rings. The van der Waals surface area contributed by atoms with Crippen LogP contribution in [0.4, 0.5) is 0 Å². The van der Waals surface area contributed by atoms with Crippen molar-refractivity contribution in [3.63, 3.8) is 0 Å². The second-order valence-corrected chi connectivity index (χ2v) is 6.24. The molecule has 0 aromatic heterocycles. The van der Waals surface area contributed by atoms with E-state index in [0.717, 1.165) is 6.08 Å². The van der Waals surface area contributed by atoms with Crippen LogP contribution in [0.5, 0.6) is 0 Å². The lowest BCUT2D eigenvalue weighted by atomic mass is 9.92. The molecule has 0 spiro atoms. The lowest BCUT2D eigenvalue weighted by Crippen LogP contribution is -2.54. The predicted molar refractivity (Wildman–Crippen MR) is 97.0 cm³/mol. The van der Waals surface area contributed by atoms with Gasteiger partial charge in [-0.1, -0.05) is 38.1 Å². The highest BCUT2D eigenvalue weighted by Gasteiger charge is 2.50. The van der Waals surface area contributed by atoms with Gasteiger partial charge in [0, 0.05) is 12.5 Å². The minimum Gasteiger partial charge on any atom is -0.479 e. The van der Waals surface area contributed by atoms with Gasteiger partial charge < -0.3 is 20.1 Å². The Morgan fingerprint density at radius 3 is 1.77 bits per heavy atom. The molecule has 7 nitrogen and oxygen atoms in total. The van der Waals surface area contributed by atoms with Crippen LogP contribution >= 0.6 is 0 Å². The van der Waals surface area contributed by atoms with Crippen LogP contribution in [-0.4, -0.2) is 44.4 Å². The van der Waals surface area contributed by atoms with E-state index in [1.165, 1.54) is 18.2 Å². The zero-order valence-corrected chi connectivity index (χ0v) is 15.6. The van der Waals surface area contributed by atoms with Crippen molar-refractivity contribution in [2.45, 2.75) is 52.2 Å². The maximum atomic E-state index is 11.6. The van der Waals surface area contributed by atoms with Gasteiger partial charge in [-0.15, -0.1) is 0 Å². The van der Waals surface area contributed by atoms with E-state index in [1.54, 1.807) is 32.9 Å². The normalized spacial score (nSPS) is 11.6. The molecule has 0 aliphatic rings. The molecule has 26 heavy (non-hydrogen) atoms. The van der Waals surface area contributed by atoms with Gasteiger partial charge in [-0.25, -0.2) is 14.4 Å². The summed E-state index contributed by atoms with van der Waals surface area (Å²) in [7, 11) is 0. The van der Waals surface area contributed by atoms with Gasteiger partial charge in [0.1, 0.15) is 0 Å². The molecule has 0 atom stereocenters. The number of ether oxygens (including phenoxy) is 1. The zero-order chi connectivity index (χ0) is 20.5. The topological polar surface area (TPSA) is 121 Å². The summed E-state index contributed by atoms with van der Waals surface area (Å²) in [5, 5.41) is 27.5. The van der Waals surface area contributed by atoms with Crippen LogP contribution in [0.2, 0.25) is 0 Å². The third-order valence-electron chi connectivity index (χ3n) is 3.02. The van der Waals surface area contributed by atoms with E-state index in [-0.39, 0.29) is 6.42 Å². The number of benzene rings is 1. The first-order chi connectivity index (χ1) is 12.0. The number of rotatable bonds is 7. The first-order valence-corrected chi connectivity index (χ1v) is 8.13. The maximum Gasteiger partial charge on any atom is 0.348 e. The Morgan fingerprint density at radius 1 is 0.962 bits per heavy atom. The van der Waals surface area contributed by atoms with Crippen LogP contribution < -0.4 is 0 Å². The first-order valence-electron chi connectivity index (χ1n) is 8.13. The van der Waals surface area contributed by atoms with Crippen molar-refractivity contribution in [2.75, 3.05) is 0 Å². The van der Waals surface area contributed by atoms with E-state index in [1.807, 2.05) is 13.8 Å². The Bertz CT molecular complexity index is 637. The Balaban J connectivity index is 0.00000301. The van der Waals surface area contributed by atoms with E-state index in [2.05, 4.69) is 0 Å². The van der Waals surface area contributed by atoms with E-state index in [9.17, 15) is 24.6 Å². The molecular formula is C19H26O7. The minimum absolute atomic E-state index is 0.363. The molecule has 0 heterocycles. The number of carboxylic acid groups (broad SMARTS) is 3. The smallest absolute Gasteiger partial charge is 0.348 e. The molecule has 1 rings (SSSR count). The summed E-state index contributed by atoms with van der Waals surface area (Å²) in [6.45, 7) is 8.73. The summed E-state index contributed by atoms with van der Waals surface area (Å²) < 4.78 is 5.37. The molecule has 0 unspecified atom stereocenters. The van der Waals surface area contributed by atoms with Crippen molar-refractivity contribution >= 4 is 24.0 Å². The Kier molecular flexibility index (Phi) is 8.72. The molecule has 144 valence electrons. The van der Waals surface area contributed by atoms with E-state index in [0.29, 0.717) is 11.1 Å². The Labute approximate surface area is 152 Å². The molecule has 0 saturated carbocycles. The second-order valence-electron chi connectivity index (χ2n) is 6.24. The van der Waals surface area contributed by atoms with Crippen LogP contribution in [-0.2, 0) is 25.5 Å². The van der Waals surface area contributed by atoms with Crippen molar-refractivity contribution in [2.24, 2.45) is 0 Å². The fourth-order valence-corrected chi connectivity index (χ4v) is 2.09. The van der Waals surface area contributed by atoms with Crippen LogP contribution in [0.25, 0.3) is 6.08 Å². The highest BCUT2D eigenvalue weighted by Crippen LogP contribution is 2.26. The van der Waals surface area contributed by atoms with Gasteiger partial charge >= 0.3 is 17.9 Å². The Hall–Kier alpha value is -2.67. The molecule has 0 saturated heterocycles. The second kappa shape index (κ2) is 9.72. The maximum absolute atomic E-state index is 11.6. The highest BCUT2D eigenvalue weighted by molar-refractivity contribution is 6.02. The fraction of sp³-hybridized carbons (Fsp3) is 0.421. The van der Waals surface area contributed by atoms with Gasteiger partial charge in [0.25, 0.3) is 5.60 Å². The minimum atomic E-state index is -2.41. The van der Waals surface area contributed by atoms with Gasteiger partial charge in [0.05, 0.1) is 5.60 Å². The van der Waals surface area contributed by atoms with Crippen molar-refractivity contribution in [3.05, 3.63) is 41.5 Å². The third kappa shape index (κ3) is 7.06. The van der Waals surface area contributed by atoms with Gasteiger partial charge in [-0.2, -0.15) is 0 Å². The van der Waals surface area contributed by atoms with E-state index in [4.69, 9.17) is 9.84 Å². The molecular weight excluding hydrogens is 340 g/mol. The average molecular weight is 366 g/mol. The van der Waals surface area contributed by atoms with E-state index < -0.39 is 29.1 Å². The van der Waals surface area contributed by atoms with Gasteiger partial charge in [0.15, 0.2) is 0 Å². The van der Waals surface area contributed by atoms with Gasteiger partial charge in [-0.3, -0.25) is 0 Å². The standard InChI is InChI=1S/C17H20O7.C2H6/c1-16(2,3)24-17(14(20)21,15(22)23)10-12-6-4-11(5-7-12)8-9-13(18)19;1-2/h4-9H,10H2,1-3H3,(H,18,19)(H,20,21)(H,22,23);1-2H3/b9-8+;. The van der Waals surface area contributed by atoms with E-state index >= 15 is 0 Å². The number of hydrogen-bond acceptors (Lipinski definition) is 4.